The minimum atomic E-state index is -0.150. The van der Waals surface area contributed by atoms with Gasteiger partial charge >= 0.3 is 0 Å². The molecule has 0 bridgehead atoms. The lowest BCUT2D eigenvalue weighted by atomic mass is 9.77. The molecule has 2 aliphatic rings. The Morgan fingerprint density at radius 1 is 1.05 bits per heavy atom. The number of halogens is 1. The van der Waals surface area contributed by atoms with Gasteiger partial charge in [0.05, 0.1) is 0 Å². The third-order valence-electron chi connectivity index (χ3n) is 4.88. The Morgan fingerprint density at radius 2 is 1.71 bits per heavy atom. The van der Waals surface area contributed by atoms with E-state index in [0.29, 0.717) is 5.54 Å². The van der Waals surface area contributed by atoms with E-state index in [4.69, 9.17) is 0 Å². The average Bonchev–Trinajstić information content (AvgIpc) is 2.40. The lowest BCUT2D eigenvalue weighted by Gasteiger charge is -2.53. The van der Waals surface area contributed by atoms with Crippen molar-refractivity contribution in [2.24, 2.45) is 0 Å². The van der Waals surface area contributed by atoms with Crippen molar-refractivity contribution in [3.63, 3.8) is 0 Å². The fourth-order valence-electron chi connectivity index (χ4n) is 4.31. The lowest BCUT2D eigenvalue weighted by Crippen LogP contribution is -2.69. The molecule has 2 nitrogen and oxygen atoms in total. The third-order valence-corrected chi connectivity index (χ3v) is 4.88. The van der Waals surface area contributed by atoms with Crippen LogP contribution in [-0.2, 0) is 6.54 Å². The van der Waals surface area contributed by atoms with Gasteiger partial charge in [0.25, 0.3) is 0 Å². The van der Waals surface area contributed by atoms with Crippen LogP contribution >= 0.6 is 0 Å². The first-order chi connectivity index (χ1) is 9.96. The summed E-state index contributed by atoms with van der Waals surface area (Å²) in [6, 6.07) is 6.97. The number of piperazine rings is 1. The van der Waals surface area contributed by atoms with Crippen molar-refractivity contribution in [3.05, 3.63) is 35.6 Å². The van der Waals surface area contributed by atoms with E-state index in [0.717, 1.165) is 19.6 Å². The van der Waals surface area contributed by atoms with Crippen LogP contribution in [0.2, 0.25) is 0 Å². The van der Waals surface area contributed by atoms with Crippen LogP contribution in [-0.4, -0.2) is 29.1 Å². The van der Waals surface area contributed by atoms with Crippen LogP contribution in [0.15, 0.2) is 24.3 Å². The van der Waals surface area contributed by atoms with Crippen molar-refractivity contribution in [2.75, 3.05) is 13.1 Å². The zero-order valence-electron chi connectivity index (χ0n) is 13.3. The van der Waals surface area contributed by atoms with E-state index in [1.807, 2.05) is 12.1 Å². The maximum Gasteiger partial charge on any atom is 0.123 e. The van der Waals surface area contributed by atoms with Gasteiger partial charge in [-0.2, -0.15) is 0 Å². The zero-order chi connectivity index (χ0) is 14.9. The second-order valence-electron chi connectivity index (χ2n) is 7.62. The van der Waals surface area contributed by atoms with E-state index in [-0.39, 0.29) is 11.4 Å². The van der Waals surface area contributed by atoms with E-state index in [2.05, 4.69) is 24.1 Å². The van der Waals surface area contributed by atoms with E-state index in [9.17, 15) is 4.39 Å². The second kappa shape index (κ2) is 5.69. The Kier molecular flexibility index (Phi) is 4.06. The Morgan fingerprint density at radius 3 is 2.38 bits per heavy atom. The summed E-state index contributed by atoms with van der Waals surface area (Å²) >= 11 is 0. The van der Waals surface area contributed by atoms with Crippen molar-refractivity contribution in [1.29, 1.82) is 0 Å². The van der Waals surface area contributed by atoms with Gasteiger partial charge in [-0.05, 0) is 44.4 Å². The molecule has 1 aromatic carbocycles. The molecule has 116 valence electrons. The summed E-state index contributed by atoms with van der Waals surface area (Å²) in [4.78, 5) is 2.55. The fraction of sp³-hybridized carbons (Fsp3) is 0.667. The Balaban J connectivity index is 1.73. The van der Waals surface area contributed by atoms with Gasteiger partial charge < -0.3 is 5.32 Å². The molecule has 1 saturated heterocycles. The van der Waals surface area contributed by atoms with Gasteiger partial charge in [0, 0.05) is 30.7 Å². The SMILES string of the molecule is CC1(C)CN(Cc2ccc(F)cc2)CC2(CCCCC2)N1. The summed E-state index contributed by atoms with van der Waals surface area (Å²) in [7, 11) is 0. The predicted molar refractivity (Wildman–Crippen MR) is 84.7 cm³/mol. The standard InChI is InChI=1S/C18H27FN2/c1-17(2)13-21(12-15-6-8-16(19)9-7-15)14-18(20-17)10-4-3-5-11-18/h6-9,20H,3-5,10-14H2,1-2H3. The fourth-order valence-corrected chi connectivity index (χ4v) is 4.31. The molecule has 1 aliphatic heterocycles. The largest absolute Gasteiger partial charge is 0.304 e. The first kappa shape index (κ1) is 15.0. The number of nitrogens with one attached hydrogen (secondary N) is 1. The molecule has 3 heteroatoms. The van der Waals surface area contributed by atoms with E-state index in [1.54, 1.807) is 12.1 Å². The monoisotopic (exact) mass is 290 g/mol. The summed E-state index contributed by atoms with van der Waals surface area (Å²) in [5, 5.41) is 3.93. The molecular weight excluding hydrogens is 263 g/mol. The Bertz CT molecular complexity index is 474. The Labute approximate surface area is 127 Å². The van der Waals surface area contributed by atoms with Crippen LogP contribution in [0.3, 0.4) is 0 Å². The maximum atomic E-state index is 13.1. The van der Waals surface area contributed by atoms with Gasteiger partial charge in [-0.25, -0.2) is 4.39 Å². The first-order valence-corrected chi connectivity index (χ1v) is 8.23. The van der Waals surface area contributed by atoms with E-state index >= 15 is 0 Å². The number of nitrogens with zero attached hydrogens (tertiary/aromatic N) is 1. The summed E-state index contributed by atoms with van der Waals surface area (Å²) in [6.45, 7) is 7.70. The smallest absolute Gasteiger partial charge is 0.123 e. The molecule has 2 fully saturated rings. The minimum absolute atomic E-state index is 0.148. The van der Waals surface area contributed by atoms with Crippen molar-refractivity contribution >= 4 is 0 Å². The number of hydrogen-bond acceptors (Lipinski definition) is 2. The van der Waals surface area contributed by atoms with Crippen LogP contribution in [0.5, 0.6) is 0 Å². The second-order valence-corrected chi connectivity index (χ2v) is 7.62. The first-order valence-electron chi connectivity index (χ1n) is 8.23. The highest BCUT2D eigenvalue weighted by Gasteiger charge is 2.42. The summed E-state index contributed by atoms with van der Waals surface area (Å²) in [6.07, 6.45) is 6.63. The zero-order valence-corrected chi connectivity index (χ0v) is 13.3. The van der Waals surface area contributed by atoms with Crippen LogP contribution in [0.25, 0.3) is 0 Å². The molecule has 21 heavy (non-hydrogen) atoms. The average molecular weight is 290 g/mol. The minimum Gasteiger partial charge on any atom is -0.304 e. The number of hydrogen-bond donors (Lipinski definition) is 1. The summed E-state index contributed by atoms with van der Waals surface area (Å²) in [5.74, 6) is -0.150. The van der Waals surface area contributed by atoms with Crippen LogP contribution in [0.4, 0.5) is 4.39 Å². The molecule has 1 heterocycles. The molecule has 1 N–H and O–H groups in total. The highest BCUT2D eigenvalue weighted by molar-refractivity contribution is 5.17. The van der Waals surface area contributed by atoms with Gasteiger partial charge in [0.2, 0.25) is 0 Å². The third kappa shape index (κ3) is 3.64. The van der Waals surface area contributed by atoms with Gasteiger partial charge in [-0.15, -0.1) is 0 Å². The van der Waals surface area contributed by atoms with Crippen molar-refractivity contribution in [1.82, 2.24) is 10.2 Å². The van der Waals surface area contributed by atoms with Gasteiger partial charge in [0.15, 0.2) is 0 Å². The molecule has 0 atom stereocenters. The predicted octanol–water partition coefficient (Wildman–Crippen LogP) is 3.71. The molecular formula is C18H27FN2. The van der Waals surface area contributed by atoms with Crippen molar-refractivity contribution in [2.45, 2.75) is 63.6 Å². The van der Waals surface area contributed by atoms with Crippen LogP contribution in [0, 0.1) is 5.82 Å². The van der Waals surface area contributed by atoms with Gasteiger partial charge in [0.1, 0.15) is 5.82 Å². The molecule has 1 spiro atoms. The quantitative estimate of drug-likeness (QED) is 0.893. The number of benzene rings is 1. The molecule has 0 amide bonds. The Hall–Kier alpha value is -0.930. The molecule has 0 radical (unpaired) electrons. The molecule has 0 aromatic heterocycles. The highest BCUT2D eigenvalue weighted by Crippen LogP contribution is 2.34. The molecule has 1 aliphatic carbocycles. The van der Waals surface area contributed by atoms with Crippen molar-refractivity contribution in [3.8, 4) is 0 Å². The van der Waals surface area contributed by atoms with Crippen LogP contribution in [0.1, 0.15) is 51.5 Å². The van der Waals surface area contributed by atoms with E-state index < -0.39 is 0 Å². The number of rotatable bonds is 2. The van der Waals surface area contributed by atoms with Crippen LogP contribution < -0.4 is 5.32 Å². The molecule has 0 unspecified atom stereocenters. The van der Waals surface area contributed by atoms with Crippen molar-refractivity contribution < 1.29 is 4.39 Å². The highest BCUT2D eigenvalue weighted by atomic mass is 19.1. The topological polar surface area (TPSA) is 15.3 Å². The lowest BCUT2D eigenvalue weighted by molar-refractivity contribution is 0.0327. The molecule has 3 rings (SSSR count). The molecule has 1 aromatic rings. The molecule has 1 saturated carbocycles. The maximum absolute atomic E-state index is 13.1. The normalized spacial score (nSPS) is 25.1. The summed E-state index contributed by atoms with van der Waals surface area (Å²) < 4.78 is 13.1. The summed E-state index contributed by atoms with van der Waals surface area (Å²) in [5.41, 5.74) is 1.65. The van der Waals surface area contributed by atoms with Gasteiger partial charge in [-0.1, -0.05) is 31.4 Å². The van der Waals surface area contributed by atoms with E-state index in [1.165, 1.54) is 37.7 Å². The van der Waals surface area contributed by atoms with Gasteiger partial charge in [-0.3, -0.25) is 4.90 Å².